The number of hydrogen-bond acceptors (Lipinski definition) is 4. The minimum Gasteiger partial charge on any atom is -0.372 e. The van der Waals surface area contributed by atoms with Crippen LogP contribution < -0.4 is 9.80 Å². The highest BCUT2D eigenvalue weighted by atomic mass is 32.1. The Kier molecular flexibility index (Phi) is 5.73. The molecule has 102 valence electrons. The molecule has 0 bridgehead atoms. The van der Waals surface area contributed by atoms with Gasteiger partial charge in [0.15, 0.2) is 0 Å². The predicted octanol–water partition coefficient (Wildman–Crippen LogP) is 4.35. The Balaban J connectivity index is 2.92. The van der Waals surface area contributed by atoms with Crippen LogP contribution in [0.4, 0.5) is 11.4 Å². The van der Waals surface area contributed by atoms with Gasteiger partial charge in [-0.3, -0.25) is 0 Å². The van der Waals surface area contributed by atoms with Crippen LogP contribution in [-0.4, -0.2) is 26.7 Å². The summed E-state index contributed by atoms with van der Waals surface area (Å²) in [7, 11) is 2.12. The Morgan fingerprint density at radius 3 is 1.94 bits per heavy atom. The summed E-state index contributed by atoms with van der Waals surface area (Å²) in [4.78, 5) is 4.57. The van der Waals surface area contributed by atoms with E-state index in [4.69, 9.17) is 24.4 Å². The highest BCUT2D eigenvalue weighted by Gasteiger charge is 2.21. The van der Waals surface area contributed by atoms with Crippen LogP contribution in [0.1, 0.15) is 34.1 Å². The molecule has 18 heavy (non-hydrogen) atoms. The topological polar surface area (TPSA) is 6.48 Å². The molecule has 1 aromatic rings. The van der Waals surface area contributed by atoms with Crippen molar-refractivity contribution in [2.75, 3.05) is 36.5 Å². The van der Waals surface area contributed by atoms with Gasteiger partial charge in [-0.15, -0.1) is 0 Å². The fourth-order valence-electron chi connectivity index (χ4n) is 2.12. The number of rotatable bonds is 7. The summed E-state index contributed by atoms with van der Waals surface area (Å²) in [5.74, 6) is 0.713. The first-order chi connectivity index (χ1) is 8.43. The normalized spacial score (nSPS) is 11.2. The van der Waals surface area contributed by atoms with E-state index in [0.717, 1.165) is 28.7 Å². The summed E-state index contributed by atoms with van der Waals surface area (Å²) in [6.07, 6.45) is 1.18. The maximum absolute atomic E-state index is 5.41. The molecule has 0 N–H and O–H groups in total. The Labute approximate surface area is 121 Å². The fraction of sp³-hybridized carbons (Fsp3) is 0.714. The zero-order valence-electron chi connectivity index (χ0n) is 12.1. The van der Waals surface area contributed by atoms with Gasteiger partial charge in [0.2, 0.25) is 0 Å². The largest absolute Gasteiger partial charge is 0.372 e. The Morgan fingerprint density at radius 2 is 1.50 bits per heavy atom. The van der Waals surface area contributed by atoms with Crippen LogP contribution in [-0.2, 0) is 0 Å². The molecule has 1 aromatic carbocycles. The first kappa shape index (κ1) is 15.6. The molecule has 0 atom stereocenters. The minimum atomic E-state index is 0.713. The Bertz CT molecular complexity index is 454. The molecule has 0 aromatic heterocycles. The molecule has 4 heteroatoms. The van der Waals surface area contributed by atoms with E-state index in [0.29, 0.717) is 5.92 Å². The molecule has 2 nitrogen and oxygen atoms in total. The van der Waals surface area contributed by atoms with Crippen LogP contribution in [0.25, 0.3) is 0 Å². The molecule has 0 heterocycles. The van der Waals surface area contributed by atoms with Crippen molar-refractivity contribution in [2.24, 2.45) is 5.92 Å². The number of nitrogens with zero attached hydrogens (tertiary/aromatic N) is 2. The third-order valence-corrected chi connectivity index (χ3v) is 4.29. The smallest absolute Gasteiger partial charge is 0.0835 e. The van der Waals surface area contributed by atoms with Gasteiger partial charge in [-0.25, -0.2) is 0 Å². The van der Waals surface area contributed by atoms with Gasteiger partial charge in [0.25, 0.3) is 0 Å². The average Bonchev–Trinajstić information content (AvgIpc) is 2.35. The summed E-state index contributed by atoms with van der Waals surface area (Å²) in [5, 5.41) is 0. The molecule has 0 saturated carbocycles. The molecule has 0 amide bonds. The zero-order valence-corrected chi connectivity index (χ0v) is 13.7. The molecule has 0 radical (unpaired) electrons. The van der Waals surface area contributed by atoms with Crippen molar-refractivity contribution in [2.45, 2.75) is 34.1 Å². The van der Waals surface area contributed by atoms with Gasteiger partial charge in [0.1, 0.15) is 0 Å². The van der Waals surface area contributed by atoms with Crippen molar-refractivity contribution < 1.29 is 0 Å². The van der Waals surface area contributed by atoms with Crippen LogP contribution >= 0.6 is 24.4 Å². The van der Waals surface area contributed by atoms with Crippen LogP contribution in [0, 0.1) is 14.9 Å². The van der Waals surface area contributed by atoms with Gasteiger partial charge in [-0.05, 0) is 26.2 Å². The van der Waals surface area contributed by atoms with Gasteiger partial charge < -0.3 is 9.80 Å². The van der Waals surface area contributed by atoms with E-state index in [1.54, 1.807) is 0 Å². The summed E-state index contributed by atoms with van der Waals surface area (Å²) in [6, 6.07) is 0. The first-order valence-corrected chi connectivity index (χ1v) is 7.55. The van der Waals surface area contributed by atoms with Crippen LogP contribution in [0.15, 0.2) is 0 Å². The Hall–Kier alpha value is -0.480. The van der Waals surface area contributed by atoms with Crippen LogP contribution in [0.3, 0.4) is 0 Å². The predicted molar refractivity (Wildman–Crippen MR) is 86.8 cm³/mol. The molecule has 0 aliphatic heterocycles. The third kappa shape index (κ3) is 3.09. The van der Waals surface area contributed by atoms with Crippen LogP contribution in [0.5, 0.6) is 0 Å². The Morgan fingerprint density at radius 1 is 1.00 bits per heavy atom. The molecule has 1 rings (SSSR count). The highest BCUT2D eigenvalue weighted by Crippen LogP contribution is 2.38. The molecular weight excluding hydrogens is 260 g/mol. The van der Waals surface area contributed by atoms with Crippen molar-refractivity contribution in [3.8, 4) is 0 Å². The second-order valence-electron chi connectivity index (χ2n) is 5.13. The molecule has 0 fully saturated rings. The highest BCUT2D eigenvalue weighted by molar-refractivity contribution is 7.74. The zero-order chi connectivity index (χ0) is 13.9. The lowest BCUT2D eigenvalue weighted by atomic mass is 10.1. The van der Waals surface area contributed by atoms with Crippen molar-refractivity contribution in [3.63, 3.8) is 0 Å². The van der Waals surface area contributed by atoms with Crippen molar-refractivity contribution in [3.05, 3.63) is 9.02 Å². The van der Waals surface area contributed by atoms with Gasteiger partial charge in [-0.2, -0.15) is 0 Å². The van der Waals surface area contributed by atoms with E-state index < -0.39 is 0 Å². The summed E-state index contributed by atoms with van der Waals surface area (Å²) >= 11 is 10.8. The second-order valence-corrected chi connectivity index (χ2v) is 5.95. The van der Waals surface area contributed by atoms with Crippen molar-refractivity contribution in [1.29, 1.82) is 0 Å². The van der Waals surface area contributed by atoms with E-state index in [1.807, 2.05) is 0 Å². The quantitative estimate of drug-likeness (QED) is 0.686. The molecule has 0 unspecified atom stereocenters. The number of hydrogen-bond donors (Lipinski definition) is 0. The van der Waals surface area contributed by atoms with E-state index in [9.17, 15) is 0 Å². The molecule has 0 spiro atoms. The molecular formula is C14H24N2S2. The van der Waals surface area contributed by atoms with E-state index >= 15 is 0 Å². The lowest BCUT2D eigenvalue weighted by Crippen LogP contribution is -2.29. The maximum atomic E-state index is 5.41. The maximum Gasteiger partial charge on any atom is 0.0835 e. The van der Waals surface area contributed by atoms with Crippen LogP contribution in [0.2, 0.25) is 0 Å². The lowest BCUT2D eigenvalue weighted by Gasteiger charge is -2.32. The molecule has 0 aliphatic carbocycles. The SMILES string of the molecule is CCN(CC)c1c(N(C)CCC(C)C)c(=S)c1=S. The number of anilines is 2. The van der Waals surface area contributed by atoms with Gasteiger partial charge in [-0.1, -0.05) is 38.3 Å². The second kappa shape index (κ2) is 6.62. The van der Waals surface area contributed by atoms with Crippen molar-refractivity contribution in [1.82, 2.24) is 0 Å². The molecule has 0 aliphatic rings. The van der Waals surface area contributed by atoms with Crippen molar-refractivity contribution >= 4 is 35.8 Å². The van der Waals surface area contributed by atoms with E-state index in [1.165, 1.54) is 17.8 Å². The minimum absolute atomic E-state index is 0.713. The van der Waals surface area contributed by atoms with Gasteiger partial charge >= 0.3 is 0 Å². The summed E-state index contributed by atoms with van der Waals surface area (Å²) < 4.78 is 1.75. The summed E-state index contributed by atoms with van der Waals surface area (Å²) in [5.41, 5.74) is 2.37. The summed E-state index contributed by atoms with van der Waals surface area (Å²) in [6.45, 7) is 11.8. The average molecular weight is 284 g/mol. The molecule has 0 saturated heterocycles. The standard InChI is InChI=1S/C14H24N2S2/c1-6-16(7-2)12-11(13(17)14(12)18)15(5)9-8-10(3)4/h10H,6-9H2,1-5H3. The van der Waals surface area contributed by atoms with E-state index in [-0.39, 0.29) is 0 Å². The van der Waals surface area contributed by atoms with Gasteiger partial charge in [0.05, 0.1) is 20.4 Å². The lowest BCUT2D eigenvalue weighted by molar-refractivity contribution is 0.584. The monoisotopic (exact) mass is 284 g/mol. The first-order valence-electron chi connectivity index (χ1n) is 6.73. The fourth-order valence-corrected chi connectivity index (χ4v) is 2.79. The third-order valence-electron chi connectivity index (χ3n) is 3.36. The van der Waals surface area contributed by atoms with Gasteiger partial charge in [0, 0.05) is 26.7 Å². The van der Waals surface area contributed by atoms with E-state index in [2.05, 4.69) is 44.5 Å².